The molecule has 2 aromatic carbocycles. The molecule has 2 nitrogen and oxygen atoms in total. The largest absolute Gasteiger partial charge is 0.319 e. The SMILES string of the molecule is CC.Cc1cccc2c1CNC(c1cc3ccccc3s1)c1cccn1-2. The van der Waals surface area contributed by atoms with Crippen LogP contribution >= 0.6 is 11.3 Å². The second-order valence-electron chi connectivity index (χ2n) is 6.38. The molecule has 1 unspecified atom stereocenters. The molecule has 0 bridgehead atoms. The van der Waals surface area contributed by atoms with Gasteiger partial charge in [0.05, 0.1) is 11.7 Å². The van der Waals surface area contributed by atoms with Gasteiger partial charge in [0.25, 0.3) is 0 Å². The molecule has 0 fully saturated rings. The highest BCUT2D eigenvalue weighted by Crippen LogP contribution is 2.36. The number of aromatic nitrogens is 1. The average Bonchev–Trinajstić information content (AvgIpc) is 3.29. The summed E-state index contributed by atoms with van der Waals surface area (Å²) in [6.07, 6.45) is 2.18. The van der Waals surface area contributed by atoms with Gasteiger partial charge in [0, 0.05) is 28.0 Å². The van der Waals surface area contributed by atoms with Crippen LogP contribution in [-0.4, -0.2) is 4.57 Å². The minimum absolute atomic E-state index is 0.226. The number of hydrogen-bond acceptors (Lipinski definition) is 2. The summed E-state index contributed by atoms with van der Waals surface area (Å²) in [4.78, 5) is 1.38. The van der Waals surface area contributed by atoms with Crippen molar-refractivity contribution in [2.24, 2.45) is 0 Å². The molecule has 0 saturated heterocycles. The third kappa shape index (κ3) is 2.77. The lowest BCUT2D eigenvalue weighted by Crippen LogP contribution is -2.20. The summed E-state index contributed by atoms with van der Waals surface area (Å²) in [5.74, 6) is 0. The van der Waals surface area contributed by atoms with Gasteiger partial charge in [-0.3, -0.25) is 0 Å². The van der Waals surface area contributed by atoms with Crippen LogP contribution in [0.15, 0.2) is 66.9 Å². The molecule has 1 atom stereocenters. The van der Waals surface area contributed by atoms with Gasteiger partial charge in [-0.15, -0.1) is 11.3 Å². The van der Waals surface area contributed by atoms with Crippen LogP contribution in [0.4, 0.5) is 0 Å². The van der Waals surface area contributed by atoms with Gasteiger partial charge in [0.1, 0.15) is 0 Å². The minimum Gasteiger partial charge on any atom is -0.319 e. The third-order valence-electron chi connectivity index (χ3n) is 4.93. The summed E-state index contributed by atoms with van der Waals surface area (Å²) in [5, 5.41) is 5.12. The van der Waals surface area contributed by atoms with Crippen molar-refractivity contribution in [3.63, 3.8) is 0 Å². The van der Waals surface area contributed by atoms with Gasteiger partial charge >= 0.3 is 0 Å². The summed E-state index contributed by atoms with van der Waals surface area (Å²) in [5.41, 5.74) is 5.34. The van der Waals surface area contributed by atoms with Crippen LogP contribution < -0.4 is 5.32 Å². The minimum atomic E-state index is 0.226. The predicted molar refractivity (Wildman–Crippen MR) is 112 cm³/mol. The van der Waals surface area contributed by atoms with Crippen LogP contribution in [0.1, 0.15) is 41.6 Å². The van der Waals surface area contributed by atoms with Crippen molar-refractivity contribution in [1.82, 2.24) is 9.88 Å². The molecular weight excluding hydrogens is 336 g/mol. The number of fused-ring (bicyclic) bond motifs is 4. The Kier molecular flexibility index (Phi) is 4.66. The van der Waals surface area contributed by atoms with E-state index in [9.17, 15) is 0 Å². The Bertz CT molecular complexity index is 1010. The van der Waals surface area contributed by atoms with E-state index in [0.717, 1.165) is 6.54 Å². The van der Waals surface area contributed by atoms with Crippen molar-refractivity contribution in [2.45, 2.75) is 33.4 Å². The van der Waals surface area contributed by atoms with Gasteiger partial charge in [-0.2, -0.15) is 0 Å². The van der Waals surface area contributed by atoms with Crippen LogP contribution in [0.2, 0.25) is 0 Å². The fourth-order valence-corrected chi connectivity index (χ4v) is 4.84. The van der Waals surface area contributed by atoms with E-state index in [2.05, 4.69) is 83.7 Å². The molecule has 4 aromatic rings. The van der Waals surface area contributed by atoms with Crippen molar-refractivity contribution < 1.29 is 0 Å². The van der Waals surface area contributed by atoms with Crippen LogP contribution in [-0.2, 0) is 6.54 Å². The van der Waals surface area contributed by atoms with E-state index in [0.29, 0.717) is 0 Å². The topological polar surface area (TPSA) is 17.0 Å². The van der Waals surface area contributed by atoms with Crippen molar-refractivity contribution in [3.8, 4) is 5.69 Å². The lowest BCUT2D eigenvalue weighted by atomic mass is 10.1. The van der Waals surface area contributed by atoms with Crippen LogP contribution in [0.5, 0.6) is 0 Å². The molecule has 0 radical (unpaired) electrons. The van der Waals surface area contributed by atoms with E-state index in [1.807, 2.05) is 25.2 Å². The lowest BCUT2D eigenvalue weighted by molar-refractivity contribution is 0.608. The Morgan fingerprint density at radius 3 is 2.69 bits per heavy atom. The van der Waals surface area contributed by atoms with E-state index in [4.69, 9.17) is 0 Å². The average molecular weight is 361 g/mol. The number of nitrogens with zero attached hydrogens (tertiary/aromatic N) is 1. The molecule has 0 aliphatic carbocycles. The predicted octanol–water partition coefficient (Wildman–Crippen LogP) is 6.22. The maximum Gasteiger partial charge on any atom is 0.0831 e. The number of rotatable bonds is 1. The number of aryl methyl sites for hydroxylation is 1. The second kappa shape index (κ2) is 7.10. The summed E-state index contributed by atoms with van der Waals surface area (Å²) in [7, 11) is 0. The summed E-state index contributed by atoms with van der Waals surface area (Å²) < 4.78 is 3.70. The Labute approximate surface area is 159 Å². The zero-order valence-electron chi connectivity index (χ0n) is 15.5. The first kappa shape index (κ1) is 17.1. The molecule has 2 aromatic heterocycles. The molecule has 26 heavy (non-hydrogen) atoms. The molecule has 132 valence electrons. The number of thiophene rings is 1. The van der Waals surface area contributed by atoms with Gasteiger partial charge in [0.15, 0.2) is 0 Å². The molecule has 0 spiro atoms. The van der Waals surface area contributed by atoms with E-state index in [-0.39, 0.29) is 6.04 Å². The zero-order chi connectivity index (χ0) is 18.1. The quantitative estimate of drug-likeness (QED) is 0.426. The van der Waals surface area contributed by atoms with Crippen molar-refractivity contribution in [1.29, 1.82) is 0 Å². The van der Waals surface area contributed by atoms with Crippen molar-refractivity contribution in [2.75, 3.05) is 0 Å². The van der Waals surface area contributed by atoms with E-state index in [1.54, 1.807) is 0 Å². The summed E-state index contributed by atoms with van der Waals surface area (Å²) in [6.45, 7) is 7.09. The monoisotopic (exact) mass is 360 g/mol. The molecule has 0 amide bonds. The Morgan fingerprint density at radius 2 is 1.85 bits per heavy atom. The van der Waals surface area contributed by atoms with Crippen LogP contribution in [0, 0.1) is 6.92 Å². The van der Waals surface area contributed by atoms with Gasteiger partial charge in [0.2, 0.25) is 0 Å². The molecule has 1 aliphatic rings. The fraction of sp³-hybridized carbons (Fsp3) is 0.217. The number of hydrogen-bond donors (Lipinski definition) is 1. The maximum atomic E-state index is 3.79. The first-order valence-corrected chi connectivity index (χ1v) is 10.1. The number of nitrogens with one attached hydrogen (secondary N) is 1. The second-order valence-corrected chi connectivity index (χ2v) is 7.49. The molecule has 5 rings (SSSR count). The van der Waals surface area contributed by atoms with E-state index >= 15 is 0 Å². The summed E-state index contributed by atoms with van der Waals surface area (Å²) >= 11 is 1.89. The highest BCUT2D eigenvalue weighted by molar-refractivity contribution is 7.19. The Morgan fingerprint density at radius 1 is 1.00 bits per heavy atom. The van der Waals surface area contributed by atoms with Crippen molar-refractivity contribution in [3.05, 3.63) is 88.6 Å². The Hall–Kier alpha value is -2.36. The molecule has 0 saturated carbocycles. The highest BCUT2D eigenvalue weighted by Gasteiger charge is 2.24. The molecular formula is C23H24N2S. The first-order chi connectivity index (χ1) is 12.8. The van der Waals surface area contributed by atoms with Gasteiger partial charge in [-0.1, -0.05) is 44.2 Å². The smallest absolute Gasteiger partial charge is 0.0831 e. The molecule has 1 aliphatic heterocycles. The normalized spacial score (nSPS) is 15.6. The van der Waals surface area contributed by atoms with Gasteiger partial charge < -0.3 is 9.88 Å². The Balaban J connectivity index is 0.000000814. The van der Waals surface area contributed by atoms with Crippen molar-refractivity contribution >= 4 is 21.4 Å². The van der Waals surface area contributed by atoms with E-state index in [1.165, 1.54) is 37.5 Å². The fourth-order valence-electron chi connectivity index (χ4n) is 3.69. The highest BCUT2D eigenvalue weighted by atomic mass is 32.1. The number of benzene rings is 2. The van der Waals surface area contributed by atoms with Crippen LogP contribution in [0.3, 0.4) is 0 Å². The molecule has 3 heteroatoms. The molecule has 3 heterocycles. The standard InChI is InChI=1S/C21H18N2S.C2H6/c1-14-6-4-8-17-16(14)13-22-21(18-9-5-11-23(17)18)20-12-15-7-2-3-10-19(15)24-20;1-2/h2-12,21-22H,13H2,1H3;1-2H3. The first-order valence-electron chi connectivity index (χ1n) is 9.29. The van der Waals surface area contributed by atoms with Crippen LogP contribution in [0.25, 0.3) is 15.8 Å². The zero-order valence-corrected chi connectivity index (χ0v) is 16.3. The third-order valence-corrected chi connectivity index (χ3v) is 6.11. The summed E-state index contributed by atoms with van der Waals surface area (Å²) in [6, 6.07) is 22.1. The lowest BCUT2D eigenvalue weighted by Gasteiger charge is -2.15. The van der Waals surface area contributed by atoms with E-state index < -0.39 is 0 Å². The maximum absolute atomic E-state index is 3.79. The van der Waals surface area contributed by atoms with Gasteiger partial charge in [-0.25, -0.2) is 0 Å². The van der Waals surface area contributed by atoms with Gasteiger partial charge in [-0.05, 0) is 53.8 Å². The molecule has 1 N–H and O–H groups in total.